The molecule has 0 aromatic heterocycles. The van der Waals surface area contributed by atoms with E-state index in [9.17, 15) is 9.13 Å². The molecule has 0 radical (unpaired) electrons. The lowest BCUT2D eigenvalue weighted by atomic mass is 9.98. The second kappa shape index (κ2) is 9.55. The van der Waals surface area contributed by atoms with Gasteiger partial charge in [-0.25, -0.2) is 9.13 Å². The molecular formula is C13H22O8P2. The van der Waals surface area contributed by atoms with E-state index in [0.29, 0.717) is 5.75 Å². The standard InChI is InChI=1S/C7H9O4P.C6H13O4P/c1-10-12(8,9)11-7-5-3-2-4-6-7;7-11(8,9)10-6-4-2-1-3-5-6/h2-6H,1H3,(H,8,9);6H,1-5H2,(H2,7,8,9). The van der Waals surface area contributed by atoms with Gasteiger partial charge in [-0.3, -0.25) is 13.9 Å². The van der Waals surface area contributed by atoms with Crippen LogP contribution in [-0.2, 0) is 18.2 Å². The zero-order chi connectivity index (χ0) is 17.3. The molecule has 10 heteroatoms. The number of benzene rings is 1. The summed E-state index contributed by atoms with van der Waals surface area (Å²) < 4.78 is 34.7. The van der Waals surface area contributed by atoms with Crippen LogP contribution in [-0.4, -0.2) is 27.9 Å². The zero-order valence-corrected chi connectivity index (χ0v) is 14.6. The van der Waals surface area contributed by atoms with Crippen LogP contribution < -0.4 is 4.52 Å². The van der Waals surface area contributed by atoms with Crippen LogP contribution in [0.4, 0.5) is 0 Å². The van der Waals surface area contributed by atoms with Gasteiger partial charge >= 0.3 is 15.6 Å². The van der Waals surface area contributed by atoms with Gasteiger partial charge in [-0.15, -0.1) is 0 Å². The van der Waals surface area contributed by atoms with Gasteiger partial charge in [-0.2, -0.15) is 0 Å². The van der Waals surface area contributed by atoms with Crippen LogP contribution >= 0.6 is 15.6 Å². The lowest BCUT2D eigenvalue weighted by Gasteiger charge is -2.21. The van der Waals surface area contributed by atoms with Crippen molar-refractivity contribution in [1.82, 2.24) is 0 Å². The van der Waals surface area contributed by atoms with Crippen molar-refractivity contribution in [3.63, 3.8) is 0 Å². The van der Waals surface area contributed by atoms with Crippen LogP contribution in [0.3, 0.4) is 0 Å². The smallest absolute Gasteiger partial charge is 0.404 e. The molecule has 1 aromatic carbocycles. The third-order valence-corrected chi connectivity index (χ3v) is 4.51. The molecule has 1 unspecified atom stereocenters. The first-order valence-corrected chi connectivity index (χ1v) is 10.1. The minimum absolute atomic E-state index is 0.218. The first kappa shape index (κ1) is 20.3. The van der Waals surface area contributed by atoms with E-state index < -0.39 is 15.6 Å². The zero-order valence-electron chi connectivity index (χ0n) is 12.8. The molecule has 1 aliphatic carbocycles. The molecule has 0 amide bonds. The van der Waals surface area contributed by atoms with Gasteiger partial charge in [-0.05, 0) is 25.0 Å². The summed E-state index contributed by atoms with van der Waals surface area (Å²) in [7, 11) is -7.01. The summed E-state index contributed by atoms with van der Waals surface area (Å²) in [6.07, 6.45) is 4.54. The highest BCUT2D eigenvalue weighted by Crippen LogP contribution is 2.42. The largest absolute Gasteiger partial charge is 0.527 e. The fourth-order valence-electron chi connectivity index (χ4n) is 2.02. The molecule has 132 valence electrons. The molecule has 1 aliphatic rings. The average Bonchev–Trinajstić information content (AvgIpc) is 2.48. The molecular weight excluding hydrogens is 346 g/mol. The van der Waals surface area contributed by atoms with Crippen molar-refractivity contribution in [1.29, 1.82) is 0 Å². The van der Waals surface area contributed by atoms with Crippen LogP contribution in [0.5, 0.6) is 5.75 Å². The van der Waals surface area contributed by atoms with Gasteiger partial charge in [0.15, 0.2) is 0 Å². The highest BCUT2D eigenvalue weighted by Gasteiger charge is 2.23. The van der Waals surface area contributed by atoms with Gasteiger partial charge in [-0.1, -0.05) is 37.5 Å². The third kappa shape index (κ3) is 9.89. The lowest BCUT2D eigenvalue weighted by Crippen LogP contribution is -2.14. The maximum atomic E-state index is 10.9. The molecule has 1 atom stereocenters. The van der Waals surface area contributed by atoms with Gasteiger partial charge in [0, 0.05) is 7.11 Å². The Morgan fingerprint density at radius 1 is 1.00 bits per heavy atom. The minimum atomic E-state index is -4.23. The first-order valence-electron chi connectivity index (χ1n) is 7.09. The van der Waals surface area contributed by atoms with Crippen molar-refractivity contribution < 1.29 is 37.4 Å². The van der Waals surface area contributed by atoms with Crippen LogP contribution in [0.15, 0.2) is 30.3 Å². The number of rotatable bonds is 5. The van der Waals surface area contributed by atoms with Gasteiger partial charge in [0.2, 0.25) is 0 Å². The van der Waals surface area contributed by atoms with Crippen molar-refractivity contribution in [3.8, 4) is 5.75 Å². The predicted octanol–water partition coefficient (Wildman–Crippen LogP) is 3.24. The monoisotopic (exact) mass is 368 g/mol. The van der Waals surface area contributed by atoms with Crippen molar-refractivity contribution in [2.45, 2.75) is 38.2 Å². The average molecular weight is 368 g/mol. The van der Waals surface area contributed by atoms with E-state index in [1.165, 1.54) is 0 Å². The highest BCUT2D eigenvalue weighted by atomic mass is 31.2. The molecule has 3 N–H and O–H groups in total. The second-order valence-electron chi connectivity index (χ2n) is 4.91. The Balaban J connectivity index is 0.000000231. The van der Waals surface area contributed by atoms with E-state index in [0.717, 1.165) is 39.2 Å². The summed E-state index contributed by atoms with van der Waals surface area (Å²) in [5.41, 5.74) is 0. The molecule has 0 saturated heterocycles. The van der Waals surface area contributed by atoms with E-state index in [4.69, 9.17) is 14.7 Å². The molecule has 0 bridgehead atoms. The molecule has 1 aromatic rings. The first-order chi connectivity index (χ1) is 10.7. The summed E-state index contributed by atoms with van der Waals surface area (Å²) in [6.45, 7) is 0. The number of phosphoric acid groups is 2. The van der Waals surface area contributed by atoms with Crippen LogP contribution in [0.25, 0.3) is 0 Å². The molecule has 8 nitrogen and oxygen atoms in total. The van der Waals surface area contributed by atoms with E-state index in [2.05, 4.69) is 13.6 Å². The molecule has 0 spiro atoms. The van der Waals surface area contributed by atoms with Crippen LogP contribution in [0, 0.1) is 0 Å². The molecule has 0 aliphatic heterocycles. The molecule has 1 fully saturated rings. The normalized spacial score (nSPS) is 18.4. The molecule has 2 rings (SSSR count). The van der Waals surface area contributed by atoms with Crippen molar-refractivity contribution in [2.75, 3.05) is 7.11 Å². The quantitative estimate of drug-likeness (QED) is 0.677. The van der Waals surface area contributed by atoms with E-state index in [1.54, 1.807) is 30.3 Å². The van der Waals surface area contributed by atoms with Crippen molar-refractivity contribution in [2.24, 2.45) is 0 Å². The predicted molar refractivity (Wildman–Crippen MR) is 83.9 cm³/mol. The summed E-state index contributed by atoms with van der Waals surface area (Å²) in [5.74, 6) is 0.310. The Kier molecular flexibility index (Phi) is 8.44. The number of phosphoric ester groups is 2. The molecule has 1 saturated carbocycles. The number of hydrogen-bond acceptors (Lipinski definition) is 5. The Bertz CT molecular complexity index is 538. The maximum absolute atomic E-state index is 10.9. The second-order valence-corrected chi connectivity index (χ2v) is 7.59. The summed E-state index contributed by atoms with van der Waals surface area (Å²) in [5, 5.41) is 0. The Labute approximate surface area is 135 Å². The summed E-state index contributed by atoms with van der Waals surface area (Å²) in [4.78, 5) is 25.8. The Morgan fingerprint density at radius 2 is 1.57 bits per heavy atom. The van der Waals surface area contributed by atoms with Crippen LogP contribution in [0.1, 0.15) is 32.1 Å². The Morgan fingerprint density at radius 3 is 2.04 bits per heavy atom. The van der Waals surface area contributed by atoms with Gasteiger partial charge in [0.1, 0.15) is 5.75 Å². The van der Waals surface area contributed by atoms with E-state index in [1.807, 2.05) is 0 Å². The molecule has 23 heavy (non-hydrogen) atoms. The van der Waals surface area contributed by atoms with Gasteiger partial charge in [0.05, 0.1) is 6.10 Å². The SMILES string of the molecule is COP(=O)(O)Oc1ccccc1.O=P(O)(O)OC1CCCCC1. The van der Waals surface area contributed by atoms with Gasteiger partial charge in [0.25, 0.3) is 0 Å². The third-order valence-electron chi connectivity index (χ3n) is 3.03. The topological polar surface area (TPSA) is 123 Å². The number of hydrogen-bond donors (Lipinski definition) is 3. The minimum Gasteiger partial charge on any atom is -0.404 e. The van der Waals surface area contributed by atoms with Crippen molar-refractivity contribution >= 4 is 15.6 Å². The Hall–Kier alpha value is -0.720. The number of para-hydroxylation sites is 1. The van der Waals surface area contributed by atoms with E-state index >= 15 is 0 Å². The highest BCUT2D eigenvalue weighted by molar-refractivity contribution is 7.47. The fourth-order valence-corrected chi connectivity index (χ4v) is 3.08. The van der Waals surface area contributed by atoms with Crippen LogP contribution in [0.2, 0.25) is 0 Å². The maximum Gasteiger partial charge on any atom is 0.527 e. The molecule has 0 heterocycles. The van der Waals surface area contributed by atoms with Gasteiger partial charge < -0.3 is 14.3 Å². The van der Waals surface area contributed by atoms with E-state index in [-0.39, 0.29) is 6.10 Å². The lowest BCUT2D eigenvalue weighted by molar-refractivity contribution is 0.104. The summed E-state index contributed by atoms with van der Waals surface area (Å²) in [6, 6.07) is 8.32. The fraction of sp³-hybridized carbons (Fsp3) is 0.538. The van der Waals surface area contributed by atoms with Crippen molar-refractivity contribution in [3.05, 3.63) is 30.3 Å². The summed E-state index contributed by atoms with van der Waals surface area (Å²) >= 11 is 0.